The molecule has 1 amide bonds. The van der Waals surface area contributed by atoms with Gasteiger partial charge in [0.15, 0.2) is 6.61 Å². The lowest BCUT2D eigenvalue weighted by molar-refractivity contribution is -0.148. The Kier molecular flexibility index (Phi) is 5.69. The molecule has 0 saturated carbocycles. The molecule has 1 heterocycles. The number of carbonyl (C=O) groups is 2. The molecular formula is C21H22N2O3. The minimum Gasteiger partial charge on any atom is -0.456 e. The second kappa shape index (κ2) is 8.34. The van der Waals surface area contributed by atoms with E-state index >= 15 is 0 Å². The highest BCUT2D eigenvalue weighted by molar-refractivity contribution is 5.81. The largest absolute Gasteiger partial charge is 0.456 e. The number of nitrogens with one attached hydrogen (secondary N) is 1. The summed E-state index contributed by atoms with van der Waals surface area (Å²) in [5.41, 5.74) is 2.08. The van der Waals surface area contributed by atoms with Gasteiger partial charge in [-0.05, 0) is 30.0 Å². The molecular weight excluding hydrogens is 328 g/mol. The number of amides is 1. The number of fused-ring (bicyclic) bond motifs is 1. The lowest BCUT2D eigenvalue weighted by atomic mass is 10.1. The molecule has 134 valence electrons. The van der Waals surface area contributed by atoms with E-state index in [1.165, 1.54) is 0 Å². The Morgan fingerprint density at radius 3 is 2.58 bits per heavy atom. The number of benzene rings is 2. The zero-order valence-electron chi connectivity index (χ0n) is 14.7. The SMILES string of the molecule is CC(NC(=O)COC(=O)CCn1ccc2ccccc21)c1ccccc1. The Morgan fingerprint density at radius 2 is 1.77 bits per heavy atom. The monoisotopic (exact) mass is 350 g/mol. The molecule has 0 saturated heterocycles. The molecule has 5 nitrogen and oxygen atoms in total. The van der Waals surface area contributed by atoms with Crippen molar-refractivity contribution >= 4 is 22.8 Å². The molecule has 2 aromatic carbocycles. The van der Waals surface area contributed by atoms with E-state index in [4.69, 9.17) is 4.74 Å². The molecule has 5 heteroatoms. The van der Waals surface area contributed by atoms with Crippen LogP contribution in [0, 0.1) is 0 Å². The summed E-state index contributed by atoms with van der Waals surface area (Å²) in [6, 6.07) is 19.5. The summed E-state index contributed by atoms with van der Waals surface area (Å²) in [4.78, 5) is 23.9. The van der Waals surface area contributed by atoms with Crippen LogP contribution >= 0.6 is 0 Å². The predicted molar refractivity (Wildman–Crippen MR) is 101 cm³/mol. The van der Waals surface area contributed by atoms with Crippen LogP contribution in [0.2, 0.25) is 0 Å². The van der Waals surface area contributed by atoms with Crippen molar-refractivity contribution in [1.29, 1.82) is 0 Å². The molecule has 3 rings (SSSR count). The van der Waals surface area contributed by atoms with Crippen molar-refractivity contribution in [3.63, 3.8) is 0 Å². The zero-order chi connectivity index (χ0) is 18.4. The van der Waals surface area contributed by atoms with Gasteiger partial charge in [-0.3, -0.25) is 9.59 Å². The van der Waals surface area contributed by atoms with Crippen LogP contribution in [0.1, 0.15) is 24.9 Å². The van der Waals surface area contributed by atoms with Gasteiger partial charge >= 0.3 is 5.97 Å². The molecule has 0 fully saturated rings. The number of ether oxygens (including phenoxy) is 1. The van der Waals surface area contributed by atoms with Crippen molar-refractivity contribution in [2.75, 3.05) is 6.61 Å². The fraction of sp³-hybridized carbons (Fsp3) is 0.238. The zero-order valence-corrected chi connectivity index (χ0v) is 14.7. The first kappa shape index (κ1) is 17.7. The molecule has 3 aromatic rings. The average molecular weight is 350 g/mol. The number of nitrogens with zero attached hydrogens (tertiary/aromatic N) is 1. The first-order valence-electron chi connectivity index (χ1n) is 8.67. The van der Waals surface area contributed by atoms with Gasteiger partial charge < -0.3 is 14.6 Å². The first-order valence-corrected chi connectivity index (χ1v) is 8.67. The van der Waals surface area contributed by atoms with Crippen LogP contribution in [0.15, 0.2) is 66.9 Å². The Hall–Kier alpha value is -3.08. The third-order valence-electron chi connectivity index (χ3n) is 4.28. The highest BCUT2D eigenvalue weighted by atomic mass is 16.5. The van der Waals surface area contributed by atoms with Gasteiger partial charge in [-0.2, -0.15) is 0 Å². The van der Waals surface area contributed by atoms with Gasteiger partial charge in [-0.1, -0.05) is 48.5 Å². The number of aryl methyl sites for hydroxylation is 1. The number of carbonyl (C=O) groups excluding carboxylic acids is 2. The van der Waals surface area contributed by atoms with Gasteiger partial charge in [0, 0.05) is 18.3 Å². The minimum atomic E-state index is -0.384. The van der Waals surface area contributed by atoms with E-state index in [-0.39, 0.29) is 30.9 Å². The molecule has 1 unspecified atom stereocenters. The molecule has 26 heavy (non-hydrogen) atoms. The summed E-state index contributed by atoms with van der Waals surface area (Å²) < 4.78 is 7.09. The maximum atomic E-state index is 11.9. The van der Waals surface area contributed by atoms with Crippen LogP contribution in [0.4, 0.5) is 0 Å². The third kappa shape index (κ3) is 4.51. The lowest BCUT2D eigenvalue weighted by Crippen LogP contribution is -2.31. The number of para-hydroxylation sites is 1. The number of rotatable bonds is 7. The summed E-state index contributed by atoms with van der Waals surface area (Å²) in [7, 11) is 0. The predicted octanol–water partition coefficient (Wildman–Crippen LogP) is 3.45. The highest BCUT2D eigenvalue weighted by Crippen LogP contribution is 2.15. The van der Waals surface area contributed by atoms with E-state index in [2.05, 4.69) is 5.32 Å². The fourth-order valence-electron chi connectivity index (χ4n) is 2.87. The first-order chi connectivity index (χ1) is 12.6. The molecule has 0 radical (unpaired) electrons. The van der Waals surface area contributed by atoms with Gasteiger partial charge in [0.25, 0.3) is 5.91 Å². The molecule has 1 aromatic heterocycles. The van der Waals surface area contributed by atoms with Crippen LogP contribution in [0.3, 0.4) is 0 Å². The molecule has 0 aliphatic rings. The van der Waals surface area contributed by atoms with E-state index in [0.29, 0.717) is 6.54 Å². The lowest BCUT2D eigenvalue weighted by Gasteiger charge is -2.14. The normalized spacial score (nSPS) is 11.9. The standard InChI is InChI=1S/C21H22N2O3/c1-16(17-7-3-2-4-8-17)22-20(24)15-26-21(25)12-14-23-13-11-18-9-5-6-10-19(18)23/h2-11,13,16H,12,14-15H2,1H3,(H,22,24). The summed E-state index contributed by atoms with van der Waals surface area (Å²) in [6.45, 7) is 2.16. The molecule has 0 spiro atoms. The molecule has 1 N–H and O–H groups in total. The Labute approximate surface area is 152 Å². The van der Waals surface area contributed by atoms with E-state index in [1.54, 1.807) is 0 Å². The second-order valence-corrected chi connectivity index (χ2v) is 6.18. The highest BCUT2D eigenvalue weighted by Gasteiger charge is 2.12. The van der Waals surface area contributed by atoms with Crippen LogP contribution in [0.25, 0.3) is 10.9 Å². The third-order valence-corrected chi connectivity index (χ3v) is 4.28. The van der Waals surface area contributed by atoms with Crippen LogP contribution < -0.4 is 5.32 Å². The Bertz CT molecular complexity index is 886. The summed E-state index contributed by atoms with van der Waals surface area (Å²) in [5.74, 6) is -0.689. The van der Waals surface area contributed by atoms with Crippen LogP contribution in [-0.2, 0) is 20.9 Å². The topological polar surface area (TPSA) is 60.3 Å². The molecule has 0 aliphatic carbocycles. The van der Waals surface area contributed by atoms with E-state index in [9.17, 15) is 9.59 Å². The van der Waals surface area contributed by atoms with Gasteiger partial charge in [-0.25, -0.2) is 0 Å². The van der Waals surface area contributed by atoms with Crippen molar-refractivity contribution in [2.45, 2.75) is 25.9 Å². The Balaban J connectivity index is 1.43. The van der Waals surface area contributed by atoms with Gasteiger partial charge in [0.05, 0.1) is 12.5 Å². The molecule has 0 aliphatic heterocycles. The van der Waals surface area contributed by atoms with Crippen LogP contribution in [0.5, 0.6) is 0 Å². The molecule has 0 bridgehead atoms. The van der Waals surface area contributed by atoms with Crippen molar-refractivity contribution < 1.29 is 14.3 Å². The number of aromatic nitrogens is 1. The number of esters is 1. The van der Waals surface area contributed by atoms with E-state index in [0.717, 1.165) is 16.5 Å². The second-order valence-electron chi connectivity index (χ2n) is 6.18. The summed E-state index contributed by atoms with van der Waals surface area (Å²) >= 11 is 0. The fourth-order valence-corrected chi connectivity index (χ4v) is 2.87. The van der Waals surface area contributed by atoms with E-state index < -0.39 is 0 Å². The van der Waals surface area contributed by atoms with E-state index in [1.807, 2.05) is 78.4 Å². The number of hydrogen-bond acceptors (Lipinski definition) is 3. The average Bonchev–Trinajstić information content (AvgIpc) is 3.08. The maximum Gasteiger partial charge on any atom is 0.308 e. The maximum absolute atomic E-state index is 11.9. The minimum absolute atomic E-state index is 0.131. The van der Waals surface area contributed by atoms with Crippen molar-refractivity contribution in [2.24, 2.45) is 0 Å². The summed E-state index contributed by atoms with van der Waals surface area (Å²) in [5, 5.41) is 3.96. The van der Waals surface area contributed by atoms with Crippen molar-refractivity contribution in [3.05, 3.63) is 72.4 Å². The Morgan fingerprint density at radius 1 is 1.04 bits per heavy atom. The summed E-state index contributed by atoms with van der Waals surface area (Å²) in [6.07, 6.45) is 2.17. The van der Waals surface area contributed by atoms with Gasteiger partial charge in [-0.15, -0.1) is 0 Å². The van der Waals surface area contributed by atoms with Crippen LogP contribution in [-0.4, -0.2) is 23.1 Å². The van der Waals surface area contributed by atoms with Crippen molar-refractivity contribution in [1.82, 2.24) is 9.88 Å². The van der Waals surface area contributed by atoms with Gasteiger partial charge in [0.1, 0.15) is 0 Å². The van der Waals surface area contributed by atoms with Gasteiger partial charge in [0.2, 0.25) is 0 Å². The quantitative estimate of drug-likeness (QED) is 0.664. The van der Waals surface area contributed by atoms with Crippen molar-refractivity contribution in [3.8, 4) is 0 Å². The number of hydrogen-bond donors (Lipinski definition) is 1. The smallest absolute Gasteiger partial charge is 0.308 e. The molecule has 1 atom stereocenters.